The second kappa shape index (κ2) is 6.74. The number of pyridine rings is 1. The number of amides is 1. The van der Waals surface area contributed by atoms with Gasteiger partial charge in [0.25, 0.3) is 0 Å². The van der Waals surface area contributed by atoms with Gasteiger partial charge in [0.2, 0.25) is 0 Å². The first kappa shape index (κ1) is 16.2. The van der Waals surface area contributed by atoms with E-state index in [0.29, 0.717) is 5.76 Å². The molecule has 5 nitrogen and oxygen atoms in total. The molecule has 22 heavy (non-hydrogen) atoms. The van der Waals surface area contributed by atoms with Gasteiger partial charge in [0.1, 0.15) is 23.6 Å². The summed E-state index contributed by atoms with van der Waals surface area (Å²) in [6.07, 6.45) is 4.90. The minimum Gasteiger partial charge on any atom is -0.415 e. The molecule has 0 spiro atoms. The average Bonchev–Trinajstić information content (AvgIpc) is 2.88. The maximum atomic E-state index is 12.1. The molecular weight excluding hydrogens is 297 g/mol. The van der Waals surface area contributed by atoms with Crippen LogP contribution in [0, 0.1) is 6.92 Å². The second-order valence-electron chi connectivity index (χ2n) is 4.99. The Morgan fingerprint density at radius 3 is 2.82 bits per heavy atom. The fourth-order valence-corrected chi connectivity index (χ4v) is 2.84. The zero-order valence-corrected chi connectivity index (χ0v) is 14.2. The molecule has 0 radical (unpaired) electrons. The van der Waals surface area contributed by atoms with E-state index < -0.39 is 6.09 Å². The molecule has 114 valence electrons. The summed E-state index contributed by atoms with van der Waals surface area (Å²) in [5.74, 6) is 0.571. The zero-order valence-electron chi connectivity index (χ0n) is 13.4. The summed E-state index contributed by atoms with van der Waals surface area (Å²) < 4.78 is 5.22. The van der Waals surface area contributed by atoms with E-state index in [1.54, 1.807) is 32.4 Å². The summed E-state index contributed by atoms with van der Waals surface area (Å²) in [6.45, 7) is 5.45. The number of rotatable bonds is 3. The Bertz CT molecular complexity index is 727. The summed E-state index contributed by atoms with van der Waals surface area (Å²) >= 11 is 1.45. The largest absolute Gasteiger partial charge is 0.419 e. The maximum absolute atomic E-state index is 12.1. The Labute approximate surface area is 135 Å². The van der Waals surface area contributed by atoms with E-state index in [9.17, 15) is 4.79 Å². The monoisotopic (exact) mass is 315 g/mol. The summed E-state index contributed by atoms with van der Waals surface area (Å²) in [5.41, 5.74) is 2.81. The van der Waals surface area contributed by atoms with E-state index in [0.717, 1.165) is 26.7 Å². The van der Waals surface area contributed by atoms with Crippen LogP contribution in [-0.2, 0) is 4.74 Å². The molecule has 0 saturated heterocycles. The molecule has 0 fully saturated rings. The van der Waals surface area contributed by atoms with Crippen LogP contribution in [0.25, 0.3) is 10.6 Å². The standard InChI is InChI=1S/C15H18BN3O2S/c1-5-9(2)21-15(20)19(4)14-10(3)18-13(22-14)11-6-12(16)8-17-7-11/h5-8H,16H2,1-4H3/b9-5+. The van der Waals surface area contributed by atoms with Crippen LogP contribution < -0.4 is 10.4 Å². The van der Waals surface area contributed by atoms with Gasteiger partial charge in [-0.3, -0.25) is 9.88 Å². The van der Waals surface area contributed by atoms with Gasteiger partial charge in [-0.15, -0.1) is 0 Å². The van der Waals surface area contributed by atoms with Gasteiger partial charge in [0.15, 0.2) is 0 Å². The van der Waals surface area contributed by atoms with Gasteiger partial charge in [-0.1, -0.05) is 22.9 Å². The number of hydrogen-bond acceptors (Lipinski definition) is 5. The van der Waals surface area contributed by atoms with E-state index >= 15 is 0 Å². The number of anilines is 1. The highest BCUT2D eigenvalue weighted by atomic mass is 32.1. The van der Waals surface area contributed by atoms with Crippen LogP contribution in [-0.4, -0.2) is 31.0 Å². The number of aryl methyl sites for hydroxylation is 1. The summed E-state index contributed by atoms with van der Waals surface area (Å²) in [5, 5.41) is 1.61. The van der Waals surface area contributed by atoms with Crippen molar-refractivity contribution in [1.29, 1.82) is 0 Å². The SMILES string of the molecule is Bc1cncc(-c2nc(C)c(N(C)C(=O)O/C(C)=C/C)s2)c1. The third-order valence-corrected chi connectivity index (χ3v) is 4.41. The van der Waals surface area contributed by atoms with Crippen molar-refractivity contribution in [2.24, 2.45) is 0 Å². The molecular formula is C15H18BN3O2S. The van der Waals surface area contributed by atoms with E-state index in [-0.39, 0.29) is 0 Å². The molecule has 0 atom stereocenters. The Hall–Kier alpha value is -2.15. The molecule has 2 aromatic rings. The smallest absolute Gasteiger partial charge is 0.415 e. The maximum Gasteiger partial charge on any atom is 0.419 e. The Kier molecular flexibility index (Phi) is 4.97. The van der Waals surface area contributed by atoms with Crippen molar-refractivity contribution in [3.8, 4) is 10.6 Å². The third kappa shape index (κ3) is 3.54. The molecule has 0 aromatic carbocycles. The molecule has 0 aliphatic heterocycles. The van der Waals surface area contributed by atoms with E-state index in [2.05, 4.69) is 9.97 Å². The highest BCUT2D eigenvalue weighted by Gasteiger charge is 2.19. The molecule has 2 aromatic heterocycles. The van der Waals surface area contributed by atoms with Gasteiger partial charge in [0.05, 0.1) is 5.69 Å². The first-order valence-electron chi connectivity index (χ1n) is 6.90. The summed E-state index contributed by atoms with van der Waals surface area (Å²) in [4.78, 5) is 22.3. The molecule has 2 heterocycles. The third-order valence-electron chi connectivity index (χ3n) is 3.13. The normalized spacial score (nSPS) is 11.4. The predicted molar refractivity (Wildman–Crippen MR) is 92.6 cm³/mol. The van der Waals surface area contributed by atoms with Gasteiger partial charge in [0, 0.05) is 25.0 Å². The fourth-order valence-electron chi connectivity index (χ4n) is 1.84. The lowest BCUT2D eigenvalue weighted by atomic mass is 9.97. The van der Waals surface area contributed by atoms with E-state index in [1.165, 1.54) is 16.2 Å². The number of ether oxygens (including phenoxy) is 1. The van der Waals surface area contributed by atoms with Gasteiger partial charge in [-0.25, -0.2) is 9.78 Å². The van der Waals surface area contributed by atoms with E-state index in [4.69, 9.17) is 4.74 Å². The fraction of sp³-hybridized carbons (Fsp3) is 0.267. The Morgan fingerprint density at radius 2 is 2.18 bits per heavy atom. The van der Waals surface area contributed by atoms with Gasteiger partial charge in [-0.2, -0.15) is 0 Å². The number of allylic oxidation sites excluding steroid dienone is 2. The number of hydrogen-bond donors (Lipinski definition) is 0. The molecule has 0 aliphatic carbocycles. The van der Waals surface area contributed by atoms with Crippen molar-refractivity contribution in [1.82, 2.24) is 9.97 Å². The highest BCUT2D eigenvalue weighted by molar-refractivity contribution is 7.19. The Balaban J connectivity index is 2.28. The second-order valence-corrected chi connectivity index (χ2v) is 5.96. The molecule has 0 unspecified atom stereocenters. The molecule has 0 saturated carbocycles. The van der Waals surface area contributed by atoms with Crippen LogP contribution in [0.4, 0.5) is 9.80 Å². The van der Waals surface area contributed by atoms with Crippen molar-refractivity contribution in [3.05, 3.63) is 36.0 Å². The van der Waals surface area contributed by atoms with Crippen LogP contribution >= 0.6 is 11.3 Å². The number of carbonyl (C=O) groups is 1. The lowest BCUT2D eigenvalue weighted by Crippen LogP contribution is -2.26. The van der Waals surface area contributed by atoms with E-state index in [1.807, 2.05) is 27.8 Å². The van der Waals surface area contributed by atoms with Gasteiger partial charge in [-0.05, 0) is 26.8 Å². The minimum absolute atomic E-state index is 0.420. The summed E-state index contributed by atoms with van der Waals surface area (Å²) in [6, 6.07) is 2.03. The van der Waals surface area contributed by atoms with Crippen LogP contribution in [0.15, 0.2) is 30.3 Å². The number of thiazole rings is 1. The molecule has 7 heteroatoms. The van der Waals surface area contributed by atoms with Gasteiger partial charge < -0.3 is 4.74 Å². The lowest BCUT2D eigenvalue weighted by molar-refractivity contribution is 0.185. The first-order chi connectivity index (χ1) is 10.4. The Morgan fingerprint density at radius 1 is 1.45 bits per heavy atom. The number of nitrogens with zero attached hydrogens (tertiary/aromatic N) is 3. The number of carbonyl (C=O) groups excluding carboxylic acids is 1. The van der Waals surface area contributed by atoms with Crippen LogP contribution in [0.1, 0.15) is 19.5 Å². The van der Waals surface area contributed by atoms with Crippen molar-refractivity contribution in [2.45, 2.75) is 20.8 Å². The lowest BCUT2D eigenvalue weighted by Gasteiger charge is -2.15. The quantitative estimate of drug-likeness (QED) is 0.644. The zero-order chi connectivity index (χ0) is 16.3. The molecule has 0 N–H and O–H groups in total. The van der Waals surface area contributed by atoms with Crippen molar-refractivity contribution in [2.75, 3.05) is 11.9 Å². The predicted octanol–water partition coefficient (Wildman–Crippen LogP) is 2.27. The van der Waals surface area contributed by atoms with Crippen LogP contribution in [0.3, 0.4) is 0 Å². The van der Waals surface area contributed by atoms with Crippen LogP contribution in [0.2, 0.25) is 0 Å². The number of aromatic nitrogens is 2. The summed E-state index contributed by atoms with van der Waals surface area (Å²) in [7, 11) is 3.67. The van der Waals surface area contributed by atoms with Crippen molar-refractivity contribution in [3.63, 3.8) is 0 Å². The van der Waals surface area contributed by atoms with Crippen molar-refractivity contribution < 1.29 is 9.53 Å². The van der Waals surface area contributed by atoms with Gasteiger partial charge >= 0.3 is 6.09 Å². The molecule has 0 bridgehead atoms. The first-order valence-corrected chi connectivity index (χ1v) is 7.72. The topological polar surface area (TPSA) is 55.3 Å². The minimum atomic E-state index is -0.420. The van der Waals surface area contributed by atoms with Crippen LogP contribution in [0.5, 0.6) is 0 Å². The van der Waals surface area contributed by atoms with Crippen molar-refractivity contribution >= 4 is 35.7 Å². The highest BCUT2D eigenvalue weighted by Crippen LogP contribution is 2.33. The molecule has 2 rings (SSSR count). The molecule has 1 amide bonds. The molecule has 0 aliphatic rings. The average molecular weight is 315 g/mol.